The van der Waals surface area contributed by atoms with E-state index in [0.717, 1.165) is 32.6 Å². The van der Waals surface area contributed by atoms with Gasteiger partial charge in [-0.3, -0.25) is 0 Å². The highest BCUT2D eigenvalue weighted by Gasteiger charge is 2.21. The van der Waals surface area contributed by atoms with Crippen molar-refractivity contribution in [1.82, 2.24) is 5.32 Å². The van der Waals surface area contributed by atoms with Crippen LogP contribution in [0.25, 0.3) is 0 Å². The first-order chi connectivity index (χ1) is 8.33. The maximum atomic E-state index is 5.39. The lowest BCUT2D eigenvalue weighted by Gasteiger charge is -2.18. The third-order valence-electron chi connectivity index (χ3n) is 3.36. The molecule has 3 heteroatoms. The lowest BCUT2D eigenvalue weighted by atomic mass is 10.2. The minimum Gasteiger partial charge on any atom is -0.380 e. The van der Waals surface area contributed by atoms with E-state index < -0.39 is 0 Å². The van der Waals surface area contributed by atoms with Crippen LogP contribution >= 0.6 is 0 Å². The van der Waals surface area contributed by atoms with E-state index >= 15 is 0 Å². The molecule has 0 aliphatic carbocycles. The molecule has 1 saturated heterocycles. The molecule has 2 rings (SSSR count). The molecule has 0 aromatic heterocycles. The molecule has 0 amide bonds. The van der Waals surface area contributed by atoms with Gasteiger partial charge in [0.25, 0.3) is 0 Å². The van der Waals surface area contributed by atoms with E-state index in [1.54, 1.807) is 7.11 Å². The number of anilines is 1. The van der Waals surface area contributed by atoms with E-state index in [0.29, 0.717) is 6.10 Å². The van der Waals surface area contributed by atoms with Crippen molar-refractivity contribution in [3.05, 3.63) is 29.8 Å². The molecule has 3 nitrogen and oxygen atoms in total. The van der Waals surface area contributed by atoms with Crippen LogP contribution in [0.1, 0.15) is 18.9 Å². The lowest BCUT2D eigenvalue weighted by Crippen LogP contribution is -2.22. The summed E-state index contributed by atoms with van der Waals surface area (Å²) in [5.41, 5.74) is 2.66. The highest BCUT2D eigenvalue weighted by Crippen LogP contribution is 2.21. The minimum atomic E-state index is 0.399. The van der Waals surface area contributed by atoms with Gasteiger partial charge in [0, 0.05) is 32.4 Å². The Balaban J connectivity index is 1.94. The number of nitrogens with one attached hydrogen (secondary N) is 1. The van der Waals surface area contributed by atoms with E-state index in [9.17, 15) is 0 Å². The number of rotatable bonds is 5. The summed E-state index contributed by atoms with van der Waals surface area (Å²) in [6, 6.07) is 8.84. The Labute approximate surface area is 104 Å². The summed E-state index contributed by atoms with van der Waals surface area (Å²) in [5.74, 6) is 0. The monoisotopic (exact) mass is 234 g/mol. The standard InChI is InChI=1S/C14H22N2O/c1-3-15-10-12-4-6-13(7-5-12)16-9-8-14(11-16)17-2/h4-7,14-15H,3,8-11H2,1-2H3. The Morgan fingerprint density at radius 1 is 1.35 bits per heavy atom. The zero-order valence-corrected chi connectivity index (χ0v) is 10.8. The molecule has 17 heavy (non-hydrogen) atoms. The van der Waals surface area contributed by atoms with Crippen LogP contribution in [0.2, 0.25) is 0 Å². The molecule has 1 aliphatic heterocycles. The smallest absolute Gasteiger partial charge is 0.0762 e. The summed E-state index contributed by atoms with van der Waals surface area (Å²) in [6.07, 6.45) is 1.53. The van der Waals surface area contributed by atoms with Crippen molar-refractivity contribution in [3.8, 4) is 0 Å². The molecule has 1 atom stereocenters. The average molecular weight is 234 g/mol. The molecule has 1 unspecified atom stereocenters. The van der Waals surface area contributed by atoms with Gasteiger partial charge < -0.3 is 15.0 Å². The lowest BCUT2D eigenvalue weighted by molar-refractivity contribution is 0.121. The highest BCUT2D eigenvalue weighted by molar-refractivity contribution is 5.48. The summed E-state index contributed by atoms with van der Waals surface area (Å²) in [4.78, 5) is 2.39. The van der Waals surface area contributed by atoms with Crippen LogP contribution in [0.15, 0.2) is 24.3 Å². The van der Waals surface area contributed by atoms with E-state index in [2.05, 4.69) is 41.4 Å². The molecule has 0 radical (unpaired) electrons. The molecular formula is C14H22N2O. The number of ether oxygens (including phenoxy) is 1. The van der Waals surface area contributed by atoms with Gasteiger partial charge in [-0.15, -0.1) is 0 Å². The number of hydrogen-bond acceptors (Lipinski definition) is 3. The largest absolute Gasteiger partial charge is 0.380 e. The van der Waals surface area contributed by atoms with Crippen LogP contribution in [0, 0.1) is 0 Å². The molecule has 1 fully saturated rings. The SMILES string of the molecule is CCNCc1ccc(N2CCC(OC)C2)cc1. The molecular weight excluding hydrogens is 212 g/mol. The van der Waals surface area contributed by atoms with Crippen molar-refractivity contribution < 1.29 is 4.74 Å². The summed E-state index contributed by atoms with van der Waals surface area (Å²) >= 11 is 0. The molecule has 1 aliphatic rings. The predicted octanol–water partition coefficient (Wildman–Crippen LogP) is 2.02. The van der Waals surface area contributed by atoms with Gasteiger partial charge >= 0.3 is 0 Å². The number of benzene rings is 1. The van der Waals surface area contributed by atoms with Gasteiger partial charge in [0.15, 0.2) is 0 Å². The molecule has 0 spiro atoms. The molecule has 1 heterocycles. The summed E-state index contributed by atoms with van der Waals surface area (Å²) in [7, 11) is 1.80. The van der Waals surface area contributed by atoms with Gasteiger partial charge in [-0.2, -0.15) is 0 Å². The molecule has 1 aromatic carbocycles. The topological polar surface area (TPSA) is 24.5 Å². The van der Waals surface area contributed by atoms with E-state index in [1.807, 2.05) is 0 Å². The van der Waals surface area contributed by atoms with Crippen molar-refractivity contribution >= 4 is 5.69 Å². The first-order valence-electron chi connectivity index (χ1n) is 6.41. The van der Waals surface area contributed by atoms with Gasteiger partial charge in [-0.1, -0.05) is 19.1 Å². The van der Waals surface area contributed by atoms with Crippen LogP contribution in [0.4, 0.5) is 5.69 Å². The normalized spacial score (nSPS) is 19.9. The van der Waals surface area contributed by atoms with Crippen molar-refractivity contribution in [1.29, 1.82) is 0 Å². The van der Waals surface area contributed by atoms with Crippen LogP contribution in [-0.2, 0) is 11.3 Å². The maximum Gasteiger partial charge on any atom is 0.0762 e. The fourth-order valence-electron chi connectivity index (χ4n) is 2.25. The van der Waals surface area contributed by atoms with Crippen LogP contribution in [0.3, 0.4) is 0 Å². The quantitative estimate of drug-likeness (QED) is 0.843. The molecule has 1 aromatic rings. The van der Waals surface area contributed by atoms with E-state index in [-0.39, 0.29) is 0 Å². The number of nitrogens with zero attached hydrogens (tertiary/aromatic N) is 1. The van der Waals surface area contributed by atoms with Crippen LogP contribution in [-0.4, -0.2) is 32.8 Å². The Kier molecular flexibility index (Phi) is 4.40. The highest BCUT2D eigenvalue weighted by atomic mass is 16.5. The molecule has 1 N–H and O–H groups in total. The Morgan fingerprint density at radius 3 is 2.71 bits per heavy atom. The van der Waals surface area contributed by atoms with Gasteiger partial charge in [0.2, 0.25) is 0 Å². The molecule has 0 bridgehead atoms. The van der Waals surface area contributed by atoms with Crippen molar-refractivity contribution in [2.45, 2.75) is 26.0 Å². The third-order valence-corrected chi connectivity index (χ3v) is 3.36. The third kappa shape index (κ3) is 3.20. The van der Waals surface area contributed by atoms with Crippen LogP contribution < -0.4 is 10.2 Å². The van der Waals surface area contributed by atoms with Crippen LogP contribution in [0.5, 0.6) is 0 Å². The summed E-state index contributed by atoms with van der Waals surface area (Å²) in [6.45, 7) is 6.22. The van der Waals surface area contributed by atoms with Gasteiger partial charge in [-0.05, 0) is 30.7 Å². The fraction of sp³-hybridized carbons (Fsp3) is 0.571. The van der Waals surface area contributed by atoms with Gasteiger partial charge in [0.05, 0.1) is 6.10 Å². The second-order valence-electron chi connectivity index (χ2n) is 4.54. The Hall–Kier alpha value is -1.06. The van der Waals surface area contributed by atoms with Crippen molar-refractivity contribution in [2.75, 3.05) is 31.6 Å². The zero-order valence-electron chi connectivity index (χ0n) is 10.8. The maximum absolute atomic E-state index is 5.39. The Morgan fingerprint density at radius 2 is 2.12 bits per heavy atom. The van der Waals surface area contributed by atoms with Gasteiger partial charge in [-0.25, -0.2) is 0 Å². The number of methoxy groups -OCH3 is 1. The average Bonchev–Trinajstić information content (AvgIpc) is 2.86. The zero-order chi connectivity index (χ0) is 12.1. The molecule has 0 saturated carbocycles. The fourth-order valence-corrected chi connectivity index (χ4v) is 2.25. The van der Waals surface area contributed by atoms with Crippen molar-refractivity contribution in [3.63, 3.8) is 0 Å². The molecule has 94 valence electrons. The predicted molar refractivity (Wildman–Crippen MR) is 71.4 cm³/mol. The summed E-state index contributed by atoms with van der Waals surface area (Å²) in [5, 5.41) is 3.34. The Bertz CT molecular complexity index is 337. The van der Waals surface area contributed by atoms with E-state index in [1.165, 1.54) is 11.3 Å². The first kappa shape index (κ1) is 12.4. The second-order valence-corrected chi connectivity index (χ2v) is 4.54. The van der Waals surface area contributed by atoms with Crippen molar-refractivity contribution in [2.24, 2.45) is 0 Å². The minimum absolute atomic E-state index is 0.399. The second kappa shape index (κ2) is 6.03. The summed E-state index contributed by atoms with van der Waals surface area (Å²) < 4.78 is 5.39. The number of hydrogen-bond donors (Lipinski definition) is 1. The first-order valence-corrected chi connectivity index (χ1v) is 6.41. The van der Waals surface area contributed by atoms with E-state index in [4.69, 9.17) is 4.74 Å². The van der Waals surface area contributed by atoms with Gasteiger partial charge in [0.1, 0.15) is 0 Å².